The van der Waals surface area contributed by atoms with E-state index < -0.39 is 5.79 Å². The Bertz CT molecular complexity index is 469. The van der Waals surface area contributed by atoms with E-state index in [1.54, 1.807) is 24.5 Å². The molecule has 3 heterocycles. The van der Waals surface area contributed by atoms with Gasteiger partial charge in [0.2, 0.25) is 0 Å². The van der Waals surface area contributed by atoms with Gasteiger partial charge in [-0.05, 0) is 26.0 Å². The number of amides is 1. The molecule has 0 N–H and O–H groups in total. The lowest BCUT2D eigenvalue weighted by atomic mass is 9.80. The molecule has 1 aromatic rings. The maximum Gasteiger partial charge on any atom is 0.255 e. The van der Waals surface area contributed by atoms with Crippen molar-refractivity contribution in [3.63, 3.8) is 0 Å². The van der Waals surface area contributed by atoms with E-state index in [4.69, 9.17) is 9.47 Å². The number of ether oxygens (including phenoxy) is 2. The van der Waals surface area contributed by atoms with Gasteiger partial charge in [-0.3, -0.25) is 9.78 Å². The van der Waals surface area contributed by atoms with Gasteiger partial charge in [-0.25, -0.2) is 0 Å². The number of hydrogen-bond acceptors (Lipinski definition) is 4. The van der Waals surface area contributed by atoms with Crippen molar-refractivity contribution >= 4 is 5.91 Å². The van der Waals surface area contributed by atoms with Crippen molar-refractivity contribution in [3.05, 3.63) is 30.1 Å². The molecule has 1 amide bonds. The number of hydrogen-bond donors (Lipinski definition) is 0. The van der Waals surface area contributed by atoms with Crippen molar-refractivity contribution in [2.24, 2.45) is 5.41 Å². The molecular weight excluding hydrogens is 244 g/mol. The summed E-state index contributed by atoms with van der Waals surface area (Å²) in [5, 5.41) is 0. The van der Waals surface area contributed by atoms with Gasteiger partial charge >= 0.3 is 0 Å². The van der Waals surface area contributed by atoms with Crippen LogP contribution in [-0.2, 0) is 9.47 Å². The van der Waals surface area contributed by atoms with Crippen LogP contribution in [0.15, 0.2) is 24.5 Å². The van der Waals surface area contributed by atoms with Crippen LogP contribution >= 0.6 is 0 Å². The Morgan fingerprint density at radius 2 is 2.00 bits per heavy atom. The van der Waals surface area contributed by atoms with Crippen LogP contribution in [0.3, 0.4) is 0 Å². The summed E-state index contributed by atoms with van der Waals surface area (Å²) in [6.45, 7) is 6.51. The van der Waals surface area contributed by atoms with E-state index in [9.17, 15) is 4.79 Å². The number of aromatic nitrogens is 1. The third kappa shape index (κ3) is 2.35. The number of nitrogens with zero attached hydrogens (tertiary/aromatic N) is 2. The highest BCUT2D eigenvalue weighted by atomic mass is 16.7. The molecule has 1 aromatic heterocycles. The number of pyridine rings is 1. The quantitative estimate of drug-likeness (QED) is 0.765. The predicted molar refractivity (Wildman–Crippen MR) is 68.6 cm³/mol. The van der Waals surface area contributed by atoms with Crippen molar-refractivity contribution in [1.82, 2.24) is 9.88 Å². The zero-order valence-corrected chi connectivity index (χ0v) is 11.3. The molecule has 2 fully saturated rings. The zero-order valence-electron chi connectivity index (χ0n) is 11.3. The Morgan fingerprint density at radius 1 is 1.32 bits per heavy atom. The second-order valence-corrected chi connectivity index (χ2v) is 5.88. The van der Waals surface area contributed by atoms with E-state index in [1.807, 2.05) is 18.7 Å². The number of carbonyl (C=O) groups is 1. The minimum atomic E-state index is -0.501. The van der Waals surface area contributed by atoms with Gasteiger partial charge in [0.15, 0.2) is 5.79 Å². The highest BCUT2D eigenvalue weighted by molar-refractivity contribution is 5.94. The summed E-state index contributed by atoms with van der Waals surface area (Å²) in [5.74, 6) is -0.470. The normalized spacial score (nSPS) is 24.0. The van der Waals surface area contributed by atoms with E-state index in [0.29, 0.717) is 31.9 Å². The SMILES string of the molecule is CC1(C)OCC2(CO1)CN(C(=O)c1cccnc1)C2. The molecule has 2 aliphatic heterocycles. The number of carbonyl (C=O) groups excluding carboxylic acids is 1. The van der Waals surface area contributed by atoms with Crippen LogP contribution in [0.2, 0.25) is 0 Å². The Hall–Kier alpha value is -1.46. The molecule has 0 radical (unpaired) electrons. The van der Waals surface area contributed by atoms with Gasteiger partial charge in [0.25, 0.3) is 5.91 Å². The molecule has 0 bridgehead atoms. The maximum absolute atomic E-state index is 12.2. The van der Waals surface area contributed by atoms with Crippen molar-refractivity contribution in [1.29, 1.82) is 0 Å². The average Bonchev–Trinajstić information content (AvgIpc) is 2.37. The maximum atomic E-state index is 12.2. The summed E-state index contributed by atoms with van der Waals surface area (Å²) in [6, 6.07) is 3.56. The largest absolute Gasteiger partial charge is 0.350 e. The van der Waals surface area contributed by atoms with Gasteiger partial charge < -0.3 is 14.4 Å². The van der Waals surface area contributed by atoms with Crippen LogP contribution in [0.25, 0.3) is 0 Å². The second-order valence-electron chi connectivity index (χ2n) is 5.88. The Kier molecular flexibility index (Phi) is 2.83. The summed E-state index contributed by atoms with van der Waals surface area (Å²) in [6.07, 6.45) is 3.27. The molecule has 2 saturated heterocycles. The number of likely N-dealkylation sites (tertiary alicyclic amines) is 1. The number of rotatable bonds is 1. The van der Waals surface area contributed by atoms with E-state index in [2.05, 4.69) is 4.98 Å². The molecule has 0 atom stereocenters. The van der Waals surface area contributed by atoms with Crippen molar-refractivity contribution < 1.29 is 14.3 Å². The monoisotopic (exact) mass is 262 g/mol. The lowest BCUT2D eigenvalue weighted by molar-refractivity contribution is -0.301. The zero-order chi connectivity index (χ0) is 13.5. The Labute approximate surface area is 112 Å². The molecule has 19 heavy (non-hydrogen) atoms. The van der Waals surface area contributed by atoms with Gasteiger partial charge in [0.05, 0.1) is 24.2 Å². The summed E-state index contributed by atoms with van der Waals surface area (Å²) in [4.78, 5) is 18.0. The summed E-state index contributed by atoms with van der Waals surface area (Å²) >= 11 is 0. The van der Waals surface area contributed by atoms with Crippen molar-refractivity contribution in [2.75, 3.05) is 26.3 Å². The van der Waals surface area contributed by atoms with Crippen LogP contribution in [0.5, 0.6) is 0 Å². The molecule has 2 aliphatic rings. The smallest absolute Gasteiger partial charge is 0.255 e. The topological polar surface area (TPSA) is 51.7 Å². The first-order valence-corrected chi connectivity index (χ1v) is 6.47. The molecule has 0 unspecified atom stereocenters. The van der Waals surface area contributed by atoms with Gasteiger partial charge in [-0.2, -0.15) is 0 Å². The fraction of sp³-hybridized carbons (Fsp3) is 0.571. The first kappa shape index (κ1) is 12.6. The molecule has 3 rings (SSSR count). The summed E-state index contributed by atoms with van der Waals surface area (Å²) in [5.41, 5.74) is 0.614. The van der Waals surface area contributed by atoms with E-state index in [1.165, 1.54) is 0 Å². The third-order valence-corrected chi connectivity index (χ3v) is 3.70. The molecule has 0 aliphatic carbocycles. The lowest BCUT2D eigenvalue weighted by Crippen LogP contribution is -2.65. The predicted octanol–water partition coefficient (Wildman–Crippen LogP) is 1.31. The van der Waals surface area contributed by atoms with E-state index >= 15 is 0 Å². The van der Waals surface area contributed by atoms with Gasteiger partial charge in [-0.15, -0.1) is 0 Å². The summed E-state index contributed by atoms with van der Waals surface area (Å²) < 4.78 is 11.4. The minimum Gasteiger partial charge on any atom is -0.350 e. The molecule has 102 valence electrons. The highest BCUT2D eigenvalue weighted by Crippen LogP contribution is 2.38. The fourth-order valence-electron chi connectivity index (χ4n) is 2.50. The Morgan fingerprint density at radius 3 is 2.58 bits per heavy atom. The first-order chi connectivity index (χ1) is 9.00. The molecule has 5 nitrogen and oxygen atoms in total. The minimum absolute atomic E-state index is 0.0204. The van der Waals surface area contributed by atoms with Crippen LogP contribution < -0.4 is 0 Å². The molecular formula is C14H18N2O3. The van der Waals surface area contributed by atoms with E-state index in [-0.39, 0.29) is 11.3 Å². The van der Waals surface area contributed by atoms with E-state index in [0.717, 1.165) is 0 Å². The molecule has 0 saturated carbocycles. The molecule has 1 spiro atoms. The van der Waals surface area contributed by atoms with Crippen LogP contribution in [0, 0.1) is 5.41 Å². The van der Waals surface area contributed by atoms with Crippen molar-refractivity contribution in [3.8, 4) is 0 Å². The van der Waals surface area contributed by atoms with Gasteiger partial charge in [0.1, 0.15) is 0 Å². The van der Waals surface area contributed by atoms with Gasteiger partial charge in [0, 0.05) is 25.5 Å². The highest BCUT2D eigenvalue weighted by Gasteiger charge is 2.50. The van der Waals surface area contributed by atoms with Gasteiger partial charge in [-0.1, -0.05) is 0 Å². The Balaban J connectivity index is 1.60. The standard InChI is InChI=1S/C14H18N2O3/c1-13(2)18-9-14(10-19-13)7-16(8-14)12(17)11-4-3-5-15-6-11/h3-6H,7-10H2,1-2H3. The second kappa shape index (κ2) is 4.28. The van der Waals surface area contributed by atoms with Crippen LogP contribution in [-0.4, -0.2) is 47.9 Å². The molecule has 5 heteroatoms. The molecule has 0 aromatic carbocycles. The van der Waals surface area contributed by atoms with Crippen LogP contribution in [0.4, 0.5) is 0 Å². The van der Waals surface area contributed by atoms with Crippen LogP contribution in [0.1, 0.15) is 24.2 Å². The van der Waals surface area contributed by atoms with Crippen molar-refractivity contribution in [2.45, 2.75) is 19.6 Å². The first-order valence-electron chi connectivity index (χ1n) is 6.47. The summed E-state index contributed by atoms with van der Waals surface area (Å²) in [7, 11) is 0. The third-order valence-electron chi connectivity index (χ3n) is 3.70. The fourth-order valence-corrected chi connectivity index (χ4v) is 2.50. The lowest BCUT2D eigenvalue weighted by Gasteiger charge is -2.53. The average molecular weight is 262 g/mol.